The average molecular weight is 341 g/mol. The molecule has 2 aromatic carbocycles. The predicted molar refractivity (Wildman–Crippen MR) is 96.9 cm³/mol. The second-order valence-corrected chi connectivity index (χ2v) is 5.71. The maximum absolute atomic E-state index is 12.0. The standard InChI is InChI=1S/C20H23NO4/c1-15-8-7-9-16(14-15)25-13-6-5-12-19(22)21-18-11-4-3-10-17(18)20(23)24-2/h3-4,7-11,14H,5-6,12-13H2,1-2H3,(H,21,22). The van der Waals surface area contributed by atoms with Crippen LogP contribution in [-0.4, -0.2) is 25.6 Å². The van der Waals surface area contributed by atoms with Crippen molar-refractivity contribution in [2.75, 3.05) is 19.0 Å². The molecule has 0 atom stereocenters. The minimum absolute atomic E-state index is 0.132. The molecule has 0 unspecified atom stereocenters. The van der Waals surface area contributed by atoms with E-state index < -0.39 is 5.97 Å². The first-order valence-corrected chi connectivity index (χ1v) is 8.27. The third-order valence-corrected chi connectivity index (χ3v) is 3.66. The SMILES string of the molecule is COC(=O)c1ccccc1NC(=O)CCCCOc1cccc(C)c1. The van der Waals surface area contributed by atoms with Gasteiger partial charge < -0.3 is 14.8 Å². The van der Waals surface area contributed by atoms with Crippen LogP contribution in [0.4, 0.5) is 5.69 Å². The van der Waals surface area contributed by atoms with Crippen molar-refractivity contribution < 1.29 is 19.1 Å². The van der Waals surface area contributed by atoms with E-state index in [0.29, 0.717) is 30.7 Å². The van der Waals surface area contributed by atoms with Gasteiger partial charge in [-0.1, -0.05) is 24.3 Å². The molecule has 5 nitrogen and oxygen atoms in total. The molecular formula is C20H23NO4. The summed E-state index contributed by atoms with van der Waals surface area (Å²) < 4.78 is 10.4. The summed E-state index contributed by atoms with van der Waals surface area (Å²) >= 11 is 0. The van der Waals surface area contributed by atoms with Crippen molar-refractivity contribution in [3.05, 3.63) is 59.7 Å². The normalized spacial score (nSPS) is 10.2. The summed E-state index contributed by atoms with van der Waals surface area (Å²) in [6.07, 6.45) is 1.85. The first kappa shape index (κ1) is 18.5. The molecule has 25 heavy (non-hydrogen) atoms. The number of carbonyl (C=O) groups excluding carboxylic acids is 2. The van der Waals surface area contributed by atoms with Crippen molar-refractivity contribution in [1.82, 2.24) is 0 Å². The zero-order valence-corrected chi connectivity index (χ0v) is 14.6. The van der Waals surface area contributed by atoms with E-state index >= 15 is 0 Å². The molecule has 0 aliphatic carbocycles. The molecule has 1 amide bonds. The number of amides is 1. The highest BCUT2D eigenvalue weighted by Crippen LogP contribution is 2.17. The number of hydrogen-bond acceptors (Lipinski definition) is 4. The van der Waals surface area contributed by atoms with E-state index in [4.69, 9.17) is 9.47 Å². The Bertz CT molecular complexity index is 727. The van der Waals surface area contributed by atoms with Gasteiger partial charge in [0.15, 0.2) is 0 Å². The molecule has 0 radical (unpaired) electrons. The van der Waals surface area contributed by atoms with E-state index in [1.807, 2.05) is 31.2 Å². The van der Waals surface area contributed by atoms with E-state index in [9.17, 15) is 9.59 Å². The van der Waals surface area contributed by atoms with Crippen molar-refractivity contribution in [3.63, 3.8) is 0 Å². The number of carbonyl (C=O) groups is 2. The van der Waals surface area contributed by atoms with Crippen molar-refractivity contribution >= 4 is 17.6 Å². The van der Waals surface area contributed by atoms with Crippen LogP contribution in [-0.2, 0) is 9.53 Å². The number of para-hydroxylation sites is 1. The number of unbranched alkanes of at least 4 members (excludes halogenated alkanes) is 1. The Balaban J connectivity index is 1.73. The quantitative estimate of drug-likeness (QED) is 0.583. The minimum atomic E-state index is -0.470. The molecule has 2 rings (SSSR count). The topological polar surface area (TPSA) is 64.6 Å². The number of ether oxygens (including phenoxy) is 2. The van der Waals surface area contributed by atoms with Gasteiger partial charge in [0.05, 0.1) is 25.0 Å². The Kier molecular flexibility index (Phi) is 7.01. The molecule has 0 bridgehead atoms. The lowest BCUT2D eigenvalue weighted by Gasteiger charge is -2.10. The third kappa shape index (κ3) is 5.95. The van der Waals surface area contributed by atoms with Crippen molar-refractivity contribution in [1.29, 1.82) is 0 Å². The second kappa shape index (κ2) is 9.47. The maximum atomic E-state index is 12.0. The van der Waals surface area contributed by atoms with Crippen molar-refractivity contribution in [2.24, 2.45) is 0 Å². The Morgan fingerprint density at radius 3 is 2.60 bits per heavy atom. The van der Waals surface area contributed by atoms with Gasteiger partial charge in [0, 0.05) is 6.42 Å². The molecule has 2 aromatic rings. The Hall–Kier alpha value is -2.82. The van der Waals surface area contributed by atoms with Gasteiger partial charge in [-0.05, 0) is 49.6 Å². The smallest absolute Gasteiger partial charge is 0.339 e. The average Bonchev–Trinajstić information content (AvgIpc) is 2.61. The summed E-state index contributed by atoms with van der Waals surface area (Å²) in [5, 5.41) is 2.76. The molecule has 132 valence electrons. The van der Waals surface area contributed by atoms with E-state index in [-0.39, 0.29) is 5.91 Å². The summed E-state index contributed by atoms with van der Waals surface area (Å²) in [6, 6.07) is 14.7. The van der Waals surface area contributed by atoms with Crippen LogP contribution in [0.2, 0.25) is 0 Å². The van der Waals surface area contributed by atoms with Gasteiger partial charge in [0.1, 0.15) is 5.75 Å². The number of nitrogens with one attached hydrogen (secondary N) is 1. The van der Waals surface area contributed by atoms with E-state index in [2.05, 4.69) is 5.32 Å². The fourth-order valence-electron chi connectivity index (χ4n) is 2.38. The van der Waals surface area contributed by atoms with Crippen LogP contribution in [0.15, 0.2) is 48.5 Å². The van der Waals surface area contributed by atoms with Crippen molar-refractivity contribution in [3.8, 4) is 5.75 Å². The summed E-state index contributed by atoms with van der Waals surface area (Å²) in [6.45, 7) is 2.58. The first-order chi connectivity index (χ1) is 12.1. The monoisotopic (exact) mass is 341 g/mol. The zero-order valence-electron chi connectivity index (χ0n) is 14.6. The Morgan fingerprint density at radius 2 is 1.84 bits per heavy atom. The lowest BCUT2D eigenvalue weighted by atomic mass is 10.1. The van der Waals surface area contributed by atoms with Gasteiger partial charge in [-0.25, -0.2) is 4.79 Å². The molecule has 0 aliphatic rings. The molecule has 1 N–H and O–H groups in total. The molecular weight excluding hydrogens is 318 g/mol. The Labute approximate surface area is 148 Å². The third-order valence-electron chi connectivity index (χ3n) is 3.66. The van der Waals surface area contributed by atoms with Crippen LogP contribution in [0.25, 0.3) is 0 Å². The lowest BCUT2D eigenvalue weighted by Crippen LogP contribution is -2.15. The summed E-state index contributed by atoms with van der Waals surface area (Å²) in [5.41, 5.74) is 1.97. The highest BCUT2D eigenvalue weighted by Gasteiger charge is 2.12. The van der Waals surface area contributed by atoms with Gasteiger partial charge in [0.2, 0.25) is 5.91 Å². The molecule has 0 saturated carbocycles. The number of methoxy groups -OCH3 is 1. The maximum Gasteiger partial charge on any atom is 0.339 e. The molecule has 0 saturated heterocycles. The van der Waals surface area contributed by atoms with Crippen LogP contribution in [0.1, 0.15) is 35.2 Å². The molecule has 0 fully saturated rings. The minimum Gasteiger partial charge on any atom is -0.494 e. The van der Waals surface area contributed by atoms with Crippen LogP contribution in [0.5, 0.6) is 5.75 Å². The largest absolute Gasteiger partial charge is 0.494 e. The van der Waals surface area contributed by atoms with E-state index in [0.717, 1.165) is 17.7 Å². The number of anilines is 1. The van der Waals surface area contributed by atoms with E-state index in [1.165, 1.54) is 7.11 Å². The molecule has 5 heteroatoms. The van der Waals surface area contributed by atoms with Crippen LogP contribution >= 0.6 is 0 Å². The number of benzene rings is 2. The predicted octanol–water partition coefficient (Wildman–Crippen LogP) is 3.97. The van der Waals surface area contributed by atoms with Crippen molar-refractivity contribution in [2.45, 2.75) is 26.2 Å². The summed E-state index contributed by atoms with van der Waals surface area (Å²) in [5.74, 6) is 0.242. The second-order valence-electron chi connectivity index (χ2n) is 5.71. The summed E-state index contributed by atoms with van der Waals surface area (Å²) in [7, 11) is 1.31. The number of aryl methyl sites for hydroxylation is 1. The van der Waals surface area contributed by atoms with Crippen LogP contribution in [0.3, 0.4) is 0 Å². The highest BCUT2D eigenvalue weighted by atomic mass is 16.5. The number of hydrogen-bond donors (Lipinski definition) is 1. The molecule has 0 spiro atoms. The molecule has 0 aromatic heterocycles. The van der Waals surface area contributed by atoms with Gasteiger partial charge in [-0.3, -0.25) is 4.79 Å². The lowest BCUT2D eigenvalue weighted by molar-refractivity contribution is -0.116. The fraction of sp³-hybridized carbons (Fsp3) is 0.300. The summed E-state index contributed by atoms with van der Waals surface area (Å²) in [4.78, 5) is 23.7. The number of esters is 1. The van der Waals surface area contributed by atoms with Gasteiger partial charge in [-0.15, -0.1) is 0 Å². The van der Waals surface area contributed by atoms with E-state index in [1.54, 1.807) is 24.3 Å². The first-order valence-electron chi connectivity index (χ1n) is 8.27. The zero-order chi connectivity index (χ0) is 18.1. The Morgan fingerprint density at radius 1 is 1.04 bits per heavy atom. The van der Waals surface area contributed by atoms with Gasteiger partial charge in [0.25, 0.3) is 0 Å². The molecule has 0 aliphatic heterocycles. The molecule has 0 heterocycles. The van der Waals surface area contributed by atoms with Crippen LogP contribution in [0, 0.1) is 6.92 Å². The van der Waals surface area contributed by atoms with Gasteiger partial charge >= 0.3 is 5.97 Å². The number of rotatable bonds is 8. The van der Waals surface area contributed by atoms with Crippen LogP contribution < -0.4 is 10.1 Å². The van der Waals surface area contributed by atoms with Gasteiger partial charge in [-0.2, -0.15) is 0 Å². The highest BCUT2D eigenvalue weighted by molar-refractivity contribution is 6.01. The fourth-order valence-corrected chi connectivity index (χ4v) is 2.38.